The summed E-state index contributed by atoms with van der Waals surface area (Å²) in [5.74, 6) is -1.64. The Labute approximate surface area is 98.9 Å². The highest BCUT2D eigenvalue weighted by atomic mass is 19.2. The maximum absolute atomic E-state index is 13.4. The van der Waals surface area contributed by atoms with Crippen molar-refractivity contribution in [1.82, 2.24) is 0 Å². The zero-order valence-corrected chi connectivity index (χ0v) is 9.24. The second-order valence-corrected chi connectivity index (χ2v) is 3.93. The van der Waals surface area contributed by atoms with E-state index in [1.807, 2.05) is 30.3 Å². The summed E-state index contributed by atoms with van der Waals surface area (Å²) in [6, 6.07) is 13.2. The quantitative estimate of drug-likeness (QED) is 0.865. The van der Waals surface area contributed by atoms with Crippen LogP contribution in [0.5, 0.6) is 0 Å². The number of benzene rings is 2. The summed E-state index contributed by atoms with van der Waals surface area (Å²) in [6.07, 6.45) is 0.285. The molecular weight excluding hydrogens is 220 g/mol. The van der Waals surface area contributed by atoms with Gasteiger partial charge in [-0.25, -0.2) is 8.78 Å². The predicted octanol–water partition coefficient (Wildman–Crippen LogP) is 3.21. The van der Waals surface area contributed by atoms with Crippen molar-refractivity contribution >= 4 is 0 Å². The first kappa shape index (κ1) is 11.7. The molecule has 0 aliphatic rings. The summed E-state index contributed by atoms with van der Waals surface area (Å²) in [4.78, 5) is 0. The van der Waals surface area contributed by atoms with Gasteiger partial charge in [0.1, 0.15) is 0 Å². The smallest absolute Gasteiger partial charge is 0.162 e. The third-order valence-electron chi connectivity index (χ3n) is 2.70. The van der Waals surface area contributed by atoms with Crippen LogP contribution in [0.2, 0.25) is 0 Å². The summed E-state index contributed by atoms with van der Waals surface area (Å²) < 4.78 is 26.5. The van der Waals surface area contributed by atoms with Gasteiger partial charge in [-0.1, -0.05) is 42.5 Å². The van der Waals surface area contributed by atoms with Gasteiger partial charge in [-0.05, 0) is 23.6 Å². The Kier molecular flexibility index (Phi) is 3.49. The van der Waals surface area contributed by atoms with E-state index in [1.54, 1.807) is 6.07 Å². The summed E-state index contributed by atoms with van der Waals surface area (Å²) in [7, 11) is 0. The Morgan fingerprint density at radius 3 is 2.35 bits per heavy atom. The van der Waals surface area contributed by atoms with E-state index in [-0.39, 0.29) is 12.5 Å². The Morgan fingerprint density at radius 1 is 0.941 bits per heavy atom. The second kappa shape index (κ2) is 5.06. The maximum Gasteiger partial charge on any atom is 0.162 e. The van der Waals surface area contributed by atoms with E-state index >= 15 is 0 Å². The van der Waals surface area contributed by atoms with Crippen molar-refractivity contribution in [3.63, 3.8) is 0 Å². The predicted molar refractivity (Wildman–Crippen MR) is 63.4 cm³/mol. The zero-order valence-electron chi connectivity index (χ0n) is 9.24. The normalized spacial score (nSPS) is 12.4. The number of rotatable bonds is 3. The van der Waals surface area contributed by atoms with Crippen molar-refractivity contribution in [2.45, 2.75) is 12.5 Å². The van der Waals surface area contributed by atoms with Gasteiger partial charge in [-0.15, -0.1) is 0 Å². The third kappa shape index (κ3) is 2.68. The van der Waals surface area contributed by atoms with Gasteiger partial charge in [-0.2, -0.15) is 0 Å². The number of halogens is 2. The molecule has 0 heterocycles. The third-order valence-corrected chi connectivity index (χ3v) is 2.70. The van der Waals surface area contributed by atoms with Crippen LogP contribution >= 0.6 is 0 Å². The minimum absolute atomic E-state index is 0.285. The SMILES string of the molecule is NC(Cc1cccc(F)c1F)c1ccccc1. The van der Waals surface area contributed by atoms with Crippen molar-refractivity contribution in [3.05, 3.63) is 71.3 Å². The van der Waals surface area contributed by atoms with E-state index in [0.29, 0.717) is 5.56 Å². The molecule has 1 unspecified atom stereocenters. The van der Waals surface area contributed by atoms with Crippen LogP contribution in [0.1, 0.15) is 17.2 Å². The monoisotopic (exact) mass is 233 g/mol. The Balaban J connectivity index is 2.19. The Hall–Kier alpha value is -1.74. The molecule has 0 spiro atoms. The standard InChI is InChI=1S/C14H13F2N/c15-12-8-4-7-11(14(12)16)9-13(17)10-5-2-1-3-6-10/h1-8,13H,9,17H2. The first-order valence-electron chi connectivity index (χ1n) is 5.42. The number of nitrogens with two attached hydrogens (primary N) is 1. The maximum atomic E-state index is 13.4. The lowest BCUT2D eigenvalue weighted by molar-refractivity contribution is 0.494. The van der Waals surface area contributed by atoms with Gasteiger partial charge in [-0.3, -0.25) is 0 Å². The van der Waals surface area contributed by atoms with Crippen LogP contribution in [0.4, 0.5) is 8.78 Å². The van der Waals surface area contributed by atoms with Gasteiger partial charge in [0.25, 0.3) is 0 Å². The molecule has 2 rings (SSSR count). The molecule has 2 aromatic rings. The van der Waals surface area contributed by atoms with Gasteiger partial charge >= 0.3 is 0 Å². The Morgan fingerprint density at radius 2 is 1.65 bits per heavy atom. The lowest BCUT2D eigenvalue weighted by Crippen LogP contribution is -2.14. The van der Waals surface area contributed by atoms with Gasteiger partial charge < -0.3 is 5.73 Å². The van der Waals surface area contributed by atoms with Crippen LogP contribution in [-0.4, -0.2) is 0 Å². The zero-order chi connectivity index (χ0) is 12.3. The van der Waals surface area contributed by atoms with Crippen LogP contribution < -0.4 is 5.73 Å². The van der Waals surface area contributed by atoms with Crippen molar-refractivity contribution < 1.29 is 8.78 Å². The minimum Gasteiger partial charge on any atom is -0.324 e. The van der Waals surface area contributed by atoms with Crippen molar-refractivity contribution in [2.75, 3.05) is 0 Å². The average Bonchev–Trinajstić information content (AvgIpc) is 2.36. The van der Waals surface area contributed by atoms with E-state index in [9.17, 15) is 8.78 Å². The Bertz CT molecular complexity index is 497. The highest BCUT2D eigenvalue weighted by Crippen LogP contribution is 2.19. The van der Waals surface area contributed by atoms with Gasteiger partial charge in [0.05, 0.1) is 0 Å². The molecule has 88 valence electrons. The molecule has 17 heavy (non-hydrogen) atoms. The highest BCUT2D eigenvalue weighted by Gasteiger charge is 2.12. The average molecular weight is 233 g/mol. The molecule has 1 atom stereocenters. The lowest BCUT2D eigenvalue weighted by atomic mass is 9.99. The fourth-order valence-electron chi connectivity index (χ4n) is 1.76. The molecule has 0 aliphatic heterocycles. The van der Waals surface area contributed by atoms with Gasteiger partial charge in [0.2, 0.25) is 0 Å². The topological polar surface area (TPSA) is 26.0 Å². The molecule has 3 heteroatoms. The summed E-state index contributed by atoms with van der Waals surface area (Å²) in [5.41, 5.74) is 7.18. The molecule has 0 aromatic heterocycles. The van der Waals surface area contributed by atoms with E-state index < -0.39 is 11.6 Å². The van der Waals surface area contributed by atoms with Crippen LogP contribution in [-0.2, 0) is 6.42 Å². The van der Waals surface area contributed by atoms with Gasteiger partial charge in [0, 0.05) is 6.04 Å². The van der Waals surface area contributed by atoms with E-state index in [1.165, 1.54) is 6.07 Å². The van der Waals surface area contributed by atoms with Crippen molar-refractivity contribution in [2.24, 2.45) is 5.73 Å². The summed E-state index contributed by atoms with van der Waals surface area (Å²) in [6.45, 7) is 0. The minimum atomic E-state index is -0.831. The fourth-order valence-corrected chi connectivity index (χ4v) is 1.76. The first-order chi connectivity index (χ1) is 8.18. The second-order valence-electron chi connectivity index (χ2n) is 3.93. The molecule has 0 saturated carbocycles. The van der Waals surface area contributed by atoms with E-state index in [4.69, 9.17) is 5.73 Å². The van der Waals surface area contributed by atoms with Crippen LogP contribution in [0.15, 0.2) is 48.5 Å². The van der Waals surface area contributed by atoms with E-state index in [0.717, 1.165) is 11.6 Å². The van der Waals surface area contributed by atoms with Crippen molar-refractivity contribution in [1.29, 1.82) is 0 Å². The number of hydrogen-bond acceptors (Lipinski definition) is 1. The van der Waals surface area contributed by atoms with Crippen LogP contribution in [0.3, 0.4) is 0 Å². The fraction of sp³-hybridized carbons (Fsp3) is 0.143. The largest absolute Gasteiger partial charge is 0.324 e. The van der Waals surface area contributed by atoms with E-state index in [2.05, 4.69) is 0 Å². The first-order valence-corrected chi connectivity index (χ1v) is 5.42. The molecule has 0 amide bonds. The molecule has 0 radical (unpaired) electrons. The molecule has 0 saturated heterocycles. The summed E-state index contributed by atoms with van der Waals surface area (Å²) in [5, 5.41) is 0. The molecule has 2 N–H and O–H groups in total. The van der Waals surface area contributed by atoms with Crippen LogP contribution in [0.25, 0.3) is 0 Å². The van der Waals surface area contributed by atoms with Crippen molar-refractivity contribution in [3.8, 4) is 0 Å². The lowest BCUT2D eigenvalue weighted by Gasteiger charge is -2.12. The van der Waals surface area contributed by atoms with Gasteiger partial charge in [0.15, 0.2) is 11.6 Å². The molecular formula is C14H13F2N. The van der Waals surface area contributed by atoms with Crippen LogP contribution in [0, 0.1) is 11.6 Å². The highest BCUT2D eigenvalue weighted by molar-refractivity contribution is 5.24. The molecule has 1 nitrogen and oxygen atoms in total. The number of hydrogen-bond donors (Lipinski definition) is 1. The molecule has 0 bridgehead atoms. The molecule has 0 aliphatic carbocycles. The molecule has 0 fully saturated rings. The molecule has 2 aromatic carbocycles. The summed E-state index contributed by atoms with van der Waals surface area (Å²) >= 11 is 0.